The van der Waals surface area contributed by atoms with Crippen molar-refractivity contribution in [3.8, 4) is 22.8 Å². The lowest BCUT2D eigenvalue weighted by atomic mass is 10.2. The van der Waals surface area contributed by atoms with Gasteiger partial charge in [-0.15, -0.1) is 11.3 Å². The molecule has 1 heterocycles. The van der Waals surface area contributed by atoms with Crippen LogP contribution in [-0.4, -0.2) is 18.3 Å². The third kappa shape index (κ3) is 5.42. The first kappa shape index (κ1) is 20.9. The van der Waals surface area contributed by atoms with E-state index in [1.165, 1.54) is 11.3 Å². The number of halogens is 1. The number of methoxy groups -OCH3 is 1. The molecule has 4 rings (SSSR count). The fourth-order valence-electron chi connectivity index (χ4n) is 2.96. The van der Waals surface area contributed by atoms with Gasteiger partial charge in [0.05, 0.1) is 19.0 Å². The highest BCUT2D eigenvalue weighted by Crippen LogP contribution is 2.31. The minimum atomic E-state index is 0.363. The molecule has 1 aromatic heterocycles. The summed E-state index contributed by atoms with van der Waals surface area (Å²) in [6, 6.07) is 23.3. The zero-order valence-corrected chi connectivity index (χ0v) is 18.4. The number of hydrogen-bond acceptors (Lipinski definition) is 6. The van der Waals surface area contributed by atoms with Crippen LogP contribution in [0.2, 0.25) is 5.02 Å². The fourth-order valence-corrected chi connectivity index (χ4v) is 3.84. The number of nitrogens with zero attached hydrogens (tertiary/aromatic N) is 2. The van der Waals surface area contributed by atoms with Crippen molar-refractivity contribution in [3.05, 3.63) is 94.3 Å². The maximum atomic E-state index is 6.07. The average Bonchev–Trinajstić information content (AvgIpc) is 3.27. The van der Waals surface area contributed by atoms with Crippen molar-refractivity contribution in [1.82, 2.24) is 4.98 Å². The molecule has 0 aliphatic rings. The molecule has 0 amide bonds. The van der Waals surface area contributed by atoms with E-state index in [4.69, 9.17) is 21.1 Å². The second-order valence-electron chi connectivity index (χ2n) is 6.57. The van der Waals surface area contributed by atoms with E-state index in [2.05, 4.69) is 15.5 Å². The Kier molecular flexibility index (Phi) is 6.82. The van der Waals surface area contributed by atoms with Gasteiger partial charge in [-0.3, -0.25) is 5.43 Å². The maximum absolute atomic E-state index is 6.07. The van der Waals surface area contributed by atoms with Gasteiger partial charge in [-0.2, -0.15) is 5.10 Å². The van der Waals surface area contributed by atoms with Crippen LogP contribution in [0.4, 0.5) is 5.13 Å². The van der Waals surface area contributed by atoms with Crippen LogP contribution in [0.5, 0.6) is 11.5 Å². The molecule has 5 nitrogen and oxygen atoms in total. The van der Waals surface area contributed by atoms with Crippen LogP contribution in [0.25, 0.3) is 11.3 Å². The summed E-state index contributed by atoms with van der Waals surface area (Å²) < 4.78 is 11.5. The Balaban J connectivity index is 1.48. The molecule has 0 bridgehead atoms. The van der Waals surface area contributed by atoms with E-state index in [9.17, 15) is 0 Å². The van der Waals surface area contributed by atoms with Crippen LogP contribution in [0.3, 0.4) is 0 Å². The molecule has 31 heavy (non-hydrogen) atoms. The SMILES string of the molecule is COc1cccc(C=NNc2nc(-c3ccccc3)cs2)c1OCc1cccc(Cl)c1. The Morgan fingerprint density at radius 3 is 2.71 bits per heavy atom. The van der Waals surface area contributed by atoms with Gasteiger partial charge < -0.3 is 9.47 Å². The van der Waals surface area contributed by atoms with Crippen molar-refractivity contribution < 1.29 is 9.47 Å². The van der Waals surface area contributed by atoms with Crippen LogP contribution in [0, 0.1) is 0 Å². The second-order valence-corrected chi connectivity index (χ2v) is 7.87. The molecule has 0 aliphatic carbocycles. The number of hydrogen-bond donors (Lipinski definition) is 1. The predicted octanol–water partition coefficient (Wildman–Crippen LogP) is 6.50. The molecule has 3 aromatic carbocycles. The summed E-state index contributed by atoms with van der Waals surface area (Å²) in [5.41, 5.74) is 6.73. The number of aromatic nitrogens is 1. The van der Waals surface area contributed by atoms with Gasteiger partial charge in [-0.25, -0.2) is 4.98 Å². The maximum Gasteiger partial charge on any atom is 0.203 e. The smallest absolute Gasteiger partial charge is 0.203 e. The molecule has 0 fully saturated rings. The lowest BCUT2D eigenvalue weighted by Gasteiger charge is -2.13. The van der Waals surface area contributed by atoms with E-state index < -0.39 is 0 Å². The van der Waals surface area contributed by atoms with Gasteiger partial charge in [0.25, 0.3) is 0 Å². The fraction of sp³-hybridized carbons (Fsp3) is 0.0833. The van der Waals surface area contributed by atoms with Gasteiger partial charge in [0.2, 0.25) is 5.13 Å². The van der Waals surface area contributed by atoms with E-state index in [0.717, 1.165) is 22.4 Å². The third-order valence-electron chi connectivity index (χ3n) is 4.44. The first-order valence-corrected chi connectivity index (χ1v) is 10.8. The van der Waals surface area contributed by atoms with Gasteiger partial charge in [-0.1, -0.05) is 60.1 Å². The Morgan fingerprint density at radius 1 is 1.06 bits per heavy atom. The summed E-state index contributed by atoms with van der Waals surface area (Å²) in [6.45, 7) is 0.363. The first-order valence-electron chi connectivity index (χ1n) is 9.57. The number of thiazole rings is 1. The molecule has 0 atom stereocenters. The predicted molar refractivity (Wildman–Crippen MR) is 128 cm³/mol. The summed E-state index contributed by atoms with van der Waals surface area (Å²) >= 11 is 7.57. The first-order chi connectivity index (χ1) is 15.2. The zero-order chi connectivity index (χ0) is 21.5. The van der Waals surface area contributed by atoms with Gasteiger partial charge in [0.15, 0.2) is 11.5 Å². The normalized spacial score (nSPS) is 10.9. The van der Waals surface area contributed by atoms with Crippen molar-refractivity contribution in [1.29, 1.82) is 0 Å². The van der Waals surface area contributed by atoms with Gasteiger partial charge >= 0.3 is 0 Å². The summed E-state index contributed by atoms with van der Waals surface area (Å²) in [7, 11) is 1.61. The Hall–Kier alpha value is -3.35. The van der Waals surface area contributed by atoms with E-state index in [0.29, 0.717) is 28.3 Å². The Labute approximate surface area is 190 Å². The second kappa shape index (κ2) is 10.1. The lowest BCUT2D eigenvalue weighted by molar-refractivity contribution is 0.284. The molecule has 156 valence electrons. The number of benzene rings is 3. The quantitative estimate of drug-likeness (QED) is 0.246. The molecule has 7 heteroatoms. The van der Waals surface area contributed by atoms with Crippen molar-refractivity contribution >= 4 is 34.3 Å². The topological polar surface area (TPSA) is 55.7 Å². The third-order valence-corrected chi connectivity index (χ3v) is 5.42. The molecule has 0 aliphatic heterocycles. The molecule has 4 aromatic rings. The van der Waals surface area contributed by atoms with Crippen molar-refractivity contribution in [2.24, 2.45) is 5.10 Å². The molecular formula is C24H20ClN3O2S. The number of rotatable bonds is 8. The average molecular weight is 450 g/mol. The molecule has 0 radical (unpaired) electrons. The number of ether oxygens (including phenoxy) is 2. The molecule has 0 saturated carbocycles. The van der Waals surface area contributed by atoms with Crippen LogP contribution in [-0.2, 0) is 6.61 Å². The number of para-hydroxylation sites is 1. The van der Waals surface area contributed by atoms with Crippen LogP contribution >= 0.6 is 22.9 Å². The Bertz CT molecular complexity index is 1180. The standard InChI is InChI=1S/C24H20ClN3O2S/c1-29-22-12-6-10-19(23(22)30-15-17-7-5-11-20(25)13-17)14-26-28-24-27-21(16-31-24)18-8-3-2-4-9-18/h2-14,16H,15H2,1H3,(H,27,28). The number of anilines is 1. The molecular weight excluding hydrogens is 430 g/mol. The highest BCUT2D eigenvalue weighted by Gasteiger charge is 2.10. The molecule has 0 saturated heterocycles. The monoisotopic (exact) mass is 449 g/mol. The summed E-state index contributed by atoms with van der Waals surface area (Å²) in [6.07, 6.45) is 1.69. The van der Waals surface area contributed by atoms with Crippen LogP contribution in [0.15, 0.2) is 83.3 Å². The zero-order valence-electron chi connectivity index (χ0n) is 16.8. The highest BCUT2D eigenvalue weighted by molar-refractivity contribution is 7.14. The van der Waals surface area contributed by atoms with Crippen LogP contribution < -0.4 is 14.9 Å². The van der Waals surface area contributed by atoms with Gasteiger partial charge in [0.1, 0.15) is 6.61 Å². The van der Waals surface area contributed by atoms with Crippen LogP contribution in [0.1, 0.15) is 11.1 Å². The summed E-state index contributed by atoms with van der Waals surface area (Å²) in [4.78, 5) is 4.58. The van der Waals surface area contributed by atoms with Crippen molar-refractivity contribution in [2.45, 2.75) is 6.61 Å². The molecule has 0 unspecified atom stereocenters. The van der Waals surface area contributed by atoms with Gasteiger partial charge in [-0.05, 0) is 29.8 Å². The number of hydrazone groups is 1. The van der Waals surface area contributed by atoms with Crippen molar-refractivity contribution in [3.63, 3.8) is 0 Å². The largest absolute Gasteiger partial charge is 0.493 e. The molecule has 1 N–H and O–H groups in total. The lowest BCUT2D eigenvalue weighted by Crippen LogP contribution is -2.01. The summed E-state index contributed by atoms with van der Waals surface area (Å²) in [5.74, 6) is 1.24. The number of nitrogens with one attached hydrogen (secondary N) is 1. The van der Waals surface area contributed by atoms with E-state index in [1.54, 1.807) is 13.3 Å². The minimum Gasteiger partial charge on any atom is -0.493 e. The van der Waals surface area contributed by atoms with E-state index in [-0.39, 0.29) is 0 Å². The minimum absolute atomic E-state index is 0.363. The van der Waals surface area contributed by atoms with Crippen molar-refractivity contribution in [2.75, 3.05) is 12.5 Å². The van der Waals surface area contributed by atoms with E-state index >= 15 is 0 Å². The molecule has 0 spiro atoms. The Morgan fingerprint density at radius 2 is 1.90 bits per heavy atom. The summed E-state index contributed by atoms with van der Waals surface area (Å²) in [5, 5.41) is 7.72. The van der Waals surface area contributed by atoms with Gasteiger partial charge in [0, 0.05) is 21.5 Å². The van der Waals surface area contributed by atoms with E-state index in [1.807, 2.05) is 78.2 Å². The highest BCUT2D eigenvalue weighted by atomic mass is 35.5.